The number of carboxylic acids is 1. The van der Waals surface area contributed by atoms with Crippen LogP contribution in [0.1, 0.15) is 33.1 Å². The molecule has 0 spiro atoms. The molecule has 1 aliphatic rings. The van der Waals surface area contributed by atoms with E-state index >= 15 is 0 Å². The summed E-state index contributed by atoms with van der Waals surface area (Å²) in [5.74, 6) is -1.33. The van der Waals surface area contributed by atoms with Gasteiger partial charge in [-0.2, -0.15) is 0 Å². The van der Waals surface area contributed by atoms with E-state index in [9.17, 15) is 18.0 Å². The lowest BCUT2D eigenvalue weighted by molar-refractivity contribution is -0.141. The highest BCUT2D eigenvalue weighted by molar-refractivity contribution is 7.91. The van der Waals surface area contributed by atoms with Crippen molar-refractivity contribution in [1.82, 2.24) is 4.90 Å². The summed E-state index contributed by atoms with van der Waals surface area (Å²) in [6.45, 7) is 3.19. The Hall–Kier alpha value is -1.15. The van der Waals surface area contributed by atoms with E-state index in [1.165, 1.54) is 4.90 Å². The molecule has 8 heteroatoms. The molecule has 0 aromatic rings. The first kappa shape index (κ1) is 17.9. The zero-order valence-corrected chi connectivity index (χ0v) is 13.2. The van der Waals surface area contributed by atoms with Gasteiger partial charge in [-0.05, 0) is 11.8 Å². The molecule has 1 amide bonds. The van der Waals surface area contributed by atoms with Gasteiger partial charge in [0.25, 0.3) is 0 Å². The van der Waals surface area contributed by atoms with Crippen LogP contribution in [-0.4, -0.2) is 66.1 Å². The number of aliphatic carboxylic acids is 1. The van der Waals surface area contributed by atoms with Crippen molar-refractivity contribution in [1.29, 1.82) is 0 Å². The van der Waals surface area contributed by atoms with Crippen molar-refractivity contribution in [2.45, 2.75) is 39.2 Å². The Labute approximate surface area is 124 Å². The van der Waals surface area contributed by atoms with Crippen LogP contribution in [0.3, 0.4) is 0 Å². The second kappa shape index (κ2) is 6.74. The second-order valence-electron chi connectivity index (χ2n) is 6.28. The van der Waals surface area contributed by atoms with E-state index in [0.717, 1.165) is 0 Å². The molecule has 21 heavy (non-hydrogen) atoms. The van der Waals surface area contributed by atoms with Gasteiger partial charge in [0.15, 0.2) is 9.84 Å². The molecule has 1 aliphatic heterocycles. The fourth-order valence-electron chi connectivity index (χ4n) is 2.62. The number of nitrogens with zero attached hydrogens (tertiary/aromatic N) is 1. The number of rotatable bonds is 7. The quantitative estimate of drug-likeness (QED) is 0.676. The Balaban J connectivity index is 2.76. The number of hydrogen-bond acceptors (Lipinski definition) is 5. The second-order valence-corrected chi connectivity index (χ2v) is 8.51. The first-order chi connectivity index (χ1) is 9.56. The molecule has 0 aromatic heterocycles. The summed E-state index contributed by atoms with van der Waals surface area (Å²) in [4.78, 5) is 24.5. The molecule has 0 saturated carbocycles. The first-order valence-electron chi connectivity index (χ1n) is 6.89. The molecule has 1 heterocycles. The number of sulfone groups is 1. The molecule has 0 radical (unpaired) electrons. The van der Waals surface area contributed by atoms with Gasteiger partial charge in [-0.25, -0.2) is 8.42 Å². The number of hydrogen-bond donors (Lipinski definition) is 2. The highest BCUT2D eigenvalue weighted by Crippen LogP contribution is 2.27. The maximum atomic E-state index is 12.4. The molecular formula is C13H23NO6S. The molecule has 0 aliphatic carbocycles. The Morgan fingerprint density at radius 2 is 1.90 bits per heavy atom. The molecule has 1 atom stereocenters. The van der Waals surface area contributed by atoms with Crippen molar-refractivity contribution < 1.29 is 28.2 Å². The number of amides is 1. The van der Waals surface area contributed by atoms with Crippen LogP contribution in [0.15, 0.2) is 0 Å². The summed E-state index contributed by atoms with van der Waals surface area (Å²) in [5.41, 5.74) is -0.714. The van der Waals surface area contributed by atoms with Gasteiger partial charge in [0.1, 0.15) is 0 Å². The minimum atomic E-state index is -3.12. The van der Waals surface area contributed by atoms with E-state index in [0.29, 0.717) is 6.42 Å². The Morgan fingerprint density at radius 3 is 2.33 bits per heavy atom. The van der Waals surface area contributed by atoms with Gasteiger partial charge >= 0.3 is 5.97 Å². The van der Waals surface area contributed by atoms with Crippen LogP contribution in [0, 0.1) is 5.41 Å². The van der Waals surface area contributed by atoms with Gasteiger partial charge in [-0.15, -0.1) is 0 Å². The van der Waals surface area contributed by atoms with Crippen LogP contribution in [0.5, 0.6) is 0 Å². The average molecular weight is 321 g/mol. The van der Waals surface area contributed by atoms with E-state index in [4.69, 9.17) is 10.2 Å². The standard InChI is InChI=1S/C13H23NO6S/c1-13(2,8-12(17)18)7-11(16)14(4-5-15)10-3-6-21(19,20)9-10/h10,15H,3-9H2,1-2H3,(H,17,18). The van der Waals surface area contributed by atoms with Crippen LogP contribution in [0.4, 0.5) is 0 Å². The third kappa shape index (κ3) is 5.62. The number of carbonyl (C=O) groups excluding carboxylic acids is 1. The minimum Gasteiger partial charge on any atom is -0.481 e. The van der Waals surface area contributed by atoms with Crippen LogP contribution in [0.25, 0.3) is 0 Å². The number of aliphatic hydroxyl groups excluding tert-OH is 1. The fourth-order valence-corrected chi connectivity index (χ4v) is 4.35. The molecule has 122 valence electrons. The summed E-state index contributed by atoms with van der Waals surface area (Å²) in [6, 6.07) is -0.421. The first-order valence-corrected chi connectivity index (χ1v) is 8.71. The Morgan fingerprint density at radius 1 is 1.29 bits per heavy atom. The maximum Gasteiger partial charge on any atom is 0.303 e. The van der Waals surface area contributed by atoms with Gasteiger partial charge in [-0.1, -0.05) is 13.8 Å². The number of aliphatic hydroxyl groups is 1. The lowest BCUT2D eigenvalue weighted by Gasteiger charge is -2.31. The fraction of sp³-hybridized carbons (Fsp3) is 0.846. The van der Waals surface area contributed by atoms with E-state index < -0.39 is 27.3 Å². The van der Waals surface area contributed by atoms with Crippen molar-refractivity contribution in [2.24, 2.45) is 5.41 Å². The molecule has 1 rings (SSSR count). The predicted octanol–water partition coefficient (Wildman–Crippen LogP) is -0.115. The summed E-state index contributed by atoms with van der Waals surface area (Å²) in [6.07, 6.45) is 0.234. The molecule has 1 fully saturated rings. The lowest BCUT2D eigenvalue weighted by Crippen LogP contribution is -2.44. The summed E-state index contributed by atoms with van der Waals surface area (Å²) in [7, 11) is -3.12. The van der Waals surface area contributed by atoms with Gasteiger partial charge in [0, 0.05) is 19.0 Å². The molecule has 2 N–H and O–H groups in total. The van der Waals surface area contributed by atoms with Crippen molar-refractivity contribution in [2.75, 3.05) is 24.7 Å². The summed E-state index contributed by atoms with van der Waals surface area (Å²) < 4.78 is 23.0. The van der Waals surface area contributed by atoms with Gasteiger partial charge < -0.3 is 15.1 Å². The van der Waals surface area contributed by atoms with Crippen molar-refractivity contribution in [3.8, 4) is 0 Å². The van der Waals surface area contributed by atoms with Gasteiger partial charge in [-0.3, -0.25) is 9.59 Å². The monoisotopic (exact) mass is 321 g/mol. The zero-order valence-electron chi connectivity index (χ0n) is 12.4. The van der Waals surface area contributed by atoms with Crippen molar-refractivity contribution in [3.63, 3.8) is 0 Å². The molecule has 0 bridgehead atoms. The largest absolute Gasteiger partial charge is 0.481 e. The van der Waals surface area contributed by atoms with E-state index in [1.54, 1.807) is 13.8 Å². The third-order valence-electron chi connectivity index (χ3n) is 3.57. The lowest BCUT2D eigenvalue weighted by atomic mass is 9.85. The average Bonchev–Trinajstić information content (AvgIpc) is 2.63. The van der Waals surface area contributed by atoms with Gasteiger partial charge in [0.05, 0.1) is 24.5 Å². The predicted molar refractivity (Wildman–Crippen MR) is 76.5 cm³/mol. The van der Waals surface area contributed by atoms with E-state index in [1.807, 2.05) is 0 Å². The minimum absolute atomic E-state index is 0.00977. The van der Waals surface area contributed by atoms with E-state index in [2.05, 4.69) is 0 Å². The molecule has 1 saturated heterocycles. The SMILES string of the molecule is CC(C)(CC(=O)O)CC(=O)N(CCO)C1CCS(=O)(=O)C1. The zero-order chi connectivity index (χ0) is 16.3. The van der Waals surface area contributed by atoms with Crippen LogP contribution < -0.4 is 0 Å². The third-order valence-corrected chi connectivity index (χ3v) is 5.32. The smallest absolute Gasteiger partial charge is 0.303 e. The van der Waals surface area contributed by atoms with Crippen LogP contribution >= 0.6 is 0 Å². The topological polar surface area (TPSA) is 112 Å². The number of carboxylic acid groups (broad SMARTS) is 1. The summed E-state index contributed by atoms with van der Waals surface area (Å²) in [5, 5.41) is 17.9. The Kier molecular flexibility index (Phi) is 5.75. The highest BCUT2D eigenvalue weighted by atomic mass is 32.2. The summed E-state index contributed by atoms with van der Waals surface area (Å²) >= 11 is 0. The molecular weight excluding hydrogens is 298 g/mol. The van der Waals surface area contributed by atoms with Crippen molar-refractivity contribution in [3.05, 3.63) is 0 Å². The van der Waals surface area contributed by atoms with Gasteiger partial charge in [0.2, 0.25) is 5.91 Å². The van der Waals surface area contributed by atoms with Crippen LogP contribution in [-0.2, 0) is 19.4 Å². The maximum absolute atomic E-state index is 12.4. The molecule has 0 aromatic carbocycles. The highest BCUT2D eigenvalue weighted by Gasteiger charge is 2.36. The molecule has 7 nitrogen and oxygen atoms in total. The van der Waals surface area contributed by atoms with Crippen molar-refractivity contribution >= 4 is 21.7 Å². The Bertz CT molecular complexity index is 499. The van der Waals surface area contributed by atoms with E-state index in [-0.39, 0.29) is 43.4 Å². The van der Waals surface area contributed by atoms with Crippen LogP contribution in [0.2, 0.25) is 0 Å². The molecule has 1 unspecified atom stereocenters. The number of carbonyl (C=O) groups is 2. The normalized spacial score (nSPS) is 21.2.